The lowest BCUT2D eigenvalue weighted by Crippen LogP contribution is -2.54. The number of likely N-dealkylation sites (N-methyl/N-ethyl adjacent to an activating group) is 1. The quantitative estimate of drug-likeness (QED) is 0.647. The van der Waals surface area contributed by atoms with Crippen LogP contribution in [-0.4, -0.2) is 66.0 Å². The summed E-state index contributed by atoms with van der Waals surface area (Å²) in [6.07, 6.45) is 3.68. The second-order valence-electron chi connectivity index (χ2n) is 9.55. The predicted molar refractivity (Wildman–Crippen MR) is 134 cm³/mol. The molecule has 3 aliphatic rings. The molecule has 2 fully saturated rings. The Bertz CT molecular complexity index is 1170. The summed E-state index contributed by atoms with van der Waals surface area (Å²) in [5.41, 5.74) is 3.49. The number of ether oxygens (including phenoxy) is 2. The van der Waals surface area contributed by atoms with Crippen LogP contribution >= 0.6 is 0 Å². The van der Waals surface area contributed by atoms with Crippen LogP contribution in [0.5, 0.6) is 11.5 Å². The third-order valence-electron chi connectivity index (χ3n) is 7.81. The zero-order valence-electron chi connectivity index (χ0n) is 20.9. The van der Waals surface area contributed by atoms with Gasteiger partial charge in [-0.25, -0.2) is 4.79 Å². The van der Waals surface area contributed by atoms with Gasteiger partial charge in [0.2, 0.25) is 0 Å². The number of carbonyl (C=O) groups excluding carboxylic acids is 2. The summed E-state index contributed by atoms with van der Waals surface area (Å²) in [4.78, 5) is 32.7. The van der Waals surface area contributed by atoms with Crippen LogP contribution in [0.2, 0.25) is 0 Å². The molecule has 0 aliphatic carbocycles. The predicted octanol–water partition coefficient (Wildman–Crippen LogP) is 4.64. The Morgan fingerprint density at radius 3 is 2.43 bits per heavy atom. The van der Waals surface area contributed by atoms with Crippen LogP contribution in [0.25, 0.3) is 0 Å². The summed E-state index contributed by atoms with van der Waals surface area (Å²) in [7, 11) is 3.32. The molecule has 7 nitrogen and oxygen atoms in total. The number of nitrogens with zero attached hydrogens (tertiary/aromatic N) is 3. The number of hydrogen-bond acceptors (Lipinski definition) is 4. The Labute approximate surface area is 206 Å². The number of allylic oxidation sites excluding steroid dienone is 1. The Morgan fingerprint density at radius 1 is 1.09 bits per heavy atom. The summed E-state index contributed by atoms with van der Waals surface area (Å²) in [5, 5.41) is 0. The van der Waals surface area contributed by atoms with Crippen LogP contribution in [0.15, 0.2) is 54.2 Å². The first-order valence-corrected chi connectivity index (χ1v) is 12.3. The van der Waals surface area contributed by atoms with Gasteiger partial charge in [0, 0.05) is 48.4 Å². The number of carbonyl (C=O) groups is 2. The molecule has 1 atom stereocenters. The monoisotopic (exact) mass is 475 g/mol. The minimum Gasteiger partial charge on any atom is -0.497 e. The molecule has 7 heteroatoms. The highest BCUT2D eigenvalue weighted by atomic mass is 16.5. The molecule has 0 radical (unpaired) electrons. The Balaban J connectivity index is 1.49. The maximum atomic E-state index is 13.7. The minimum atomic E-state index is -0.410. The molecule has 1 unspecified atom stereocenters. The molecular weight excluding hydrogens is 442 g/mol. The maximum absolute atomic E-state index is 13.7. The molecule has 2 aromatic rings. The fourth-order valence-electron chi connectivity index (χ4n) is 6.11. The van der Waals surface area contributed by atoms with Crippen molar-refractivity contribution in [2.45, 2.75) is 44.7 Å². The van der Waals surface area contributed by atoms with E-state index < -0.39 is 5.54 Å². The molecule has 3 amide bonds. The van der Waals surface area contributed by atoms with Crippen molar-refractivity contribution < 1.29 is 19.1 Å². The van der Waals surface area contributed by atoms with Crippen molar-refractivity contribution in [2.75, 3.05) is 33.9 Å². The highest BCUT2D eigenvalue weighted by molar-refractivity contribution is 5.94. The van der Waals surface area contributed by atoms with E-state index in [1.807, 2.05) is 64.1 Å². The van der Waals surface area contributed by atoms with Crippen LogP contribution in [0.3, 0.4) is 0 Å². The lowest BCUT2D eigenvalue weighted by molar-refractivity contribution is 0.0575. The topological polar surface area (TPSA) is 62.3 Å². The third-order valence-corrected chi connectivity index (χ3v) is 7.81. The Hall–Kier alpha value is -3.48. The van der Waals surface area contributed by atoms with Crippen LogP contribution in [0, 0.1) is 0 Å². The van der Waals surface area contributed by atoms with E-state index in [1.54, 1.807) is 14.2 Å². The number of amides is 3. The standard InChI is InChI=1S/C28H33N3O4/c1-5-31-27(33)30-18-21-16-22(34-3)17-23(35-4)25(21)19(2)15-24(30)28(31)11-13-29(14-12-28)26(32)20-9-7-6-8-10-20/h6-10,15-17,19H,5,11-14,18H2,1-4H3. The van der Waals surface area contributed by atoms with E-state index in [4.69, 9.17) is 9.47 Å². The van der Waals surface area contributed by atoms with Gasteiger partial charge in [0.15, 0.2) is 0 Å². The molecule has 3 heterocycles. The van der Waals surface area contributed by atoms with Gasteiger partial charge < -0.3 is 19.3 Å². The number of piperidine rings is 1. The largest absolute Gasteiger partial charge is 0.497 e. The van der Waals surface area contributed by atoms with Crippen LogP contribution in [-0.2, 0) is 6.54 Å². The average Bonchev–Trinajstić information content (AvgIpc) is 2.99. The van der Waals surface area contributed by atoms with Crippen molar-refractivity contribution in [1.82, 2.24) is 14.7 Å². The highest BCUT2D eigenvalue weighted by Crippen LogP contribution is 2.49. The van der Waals surface area contributed by atoms with Crippen LogP contribution < -0.4 is 9.47 Å². The maximum Gasteiger partial charge on any atom is 0.325 e. The van der Waals surface area contributed by atoms with Crippen LogP contribution in [0.4, 0.5) is 4.79 Å². The summed E-state index contributed by atoms with van der Waals surface area (Å²) in [6, 6.07) is 13.4. The summed E-state index contributed by atoms with van der Waals surface area (Å²) >= 11 is 0. The Morgan fingerprint density at radius 2 is 1.80 bits per heavy atom. The lowest BCUT2D eigenvalue weighted by atomic mass is 9.82. The summed E-state index contributed by atoms with van der Waals surface area (Å²) < 4.78 is 11.2. The SMILES string of the molecule is CCN1C(=O)N2Cc3cc(OC)cc(OC)c3C(C)C=C2C12CCN(C(=O)c1ccccc1)CC2. The average molecular weight is 476 g/mol. The number of urea groups is 1. The van der Waals surface area contributed by atoms with Crippen molar-refractivity contribution in [2.24, 2.45) is 0 Å². The van der Waals surface area contributed by atoms with Crippen molar-refractivity contribution in [3.8, 4) is 11.5 Å². The van der Waals surface area contributed by atoms with E-state index >= 15 is 0 Å². The minimum absolute atomic E-state index is 0.0309. The van der Waals surface area contributed by atoms with Gasteiger partial charge in [-0.2, -0.15) is 0 Å². The smallest absolute Gasteiger partial charge is 0.325 e. The molecule has 184 valence electrons. The van der Waals surface area contributed by atoms with Gasteiger partial charge in [0.1, 0.15) is 11.5 Å². The molecule has 2 aromatic carbocycles. The molecule has 0 N–H and O–H groups in total. The fourth-order valence-corrected chi connectivity index (χ4v) is 6.11. The van der Waals surface area contributed by atoms with E-state index in [0.717, 1.165) is 41.2 Å². The molecule has 2 saturated heterocycles. The van der Waals surface area contributed by atoms with Crippen molar-refractivity contribution >= 4 is 11.9 Å². The molecule has 0 bridgehead atoms. The number of benzene rings is 2. The number of likely N-dealkylation sites (tertiary alicyclic amines) is 1. The van der Waals surface area contributed by atoms with E-state index in [-0.39, 0.29) is 17.9 Å². The molecule has 35 heavy (non-hydrogen) atoms. The van der Waals surface area contributed by atoms with E-state index in [1.165, 1.54) is 0 Å². The normalized spacial score (nSPS) is 20.8. The van der Waals surface area contributed by atoms with Gasteiger partial charge in [0.25, 0.3) is 5.91 Å². The Kier molecular flexibility index (Phi) is 5.95. The molecule has 1 spiro atoms. The van der Waals surface area contributed by atoms with Crippen molar-refractivity contribution in [3.63, 3.8) is 0 Å². The van der Waals surface area contributed by atoms with Gasteiger partial charge in [-0.1, -0.05) is 31.2 Å². The summed E-state index contributed by atoms with van der Waals surface area (Å²) in [5.74, 6) is 1.62. The first-order chi connectivity index (χ1) is 16.9. The van der Waals surface area contributed by atoms with Gasteiger partial charge >= 0.3 is 6.03 Å². The molecule has 0 saturated carbocycles. The van der Waals surface area contributed by atoms with Gasteiger partial charge in [-0.05, 0) is 43.5 Å². The van der Waals surface area contributed by atoms with Gasteiger partial charge in [-0.3, -0.25) is 9.69 Å². The number of fused-ring (bicyclic) bond motifs is 3. The fraction of sp³-hybridized carbons (Fsp3) is 0.429. The second-order valence-corrected chi connectivity index (χ2v) is 9.55. The number of rotatable bonds is 4. The summed E-state index contributed by atoms with van der Waals surface area (Å²) in [6.45, 7) is 6.52. The van der Waals surface area contributed by atoms with E-state index in [9.17, 15) is 9.59 Å². The molecule has 0 aromatic heterocycles. The van der Waals surface area contributed by atoms with Crippen molar-refractivity contribution in [3.05, 3.63) is 70.9 Å². The van der Waals surface area contributed by atoms with Gasteiger partial charge in [-0.15, -0.1) is 0 Å². The number of methoxy groups -OCH3 is 2. The second kappa shape index (κ2) is 8.95. The highest BCUT2D eigenvalue weighted by Gasteiger charge is 2.55. The lowest BCUT2D eigenvalue weighted by Gasteiger charge is -2.44. The van der Waals surface area contributed by atoms with E-state index in [0.29, 0.717) is 31.7 Å². The first-order valence-electron chi connectivity index (χ1n) is 12.3. The number of hydrogen-bond donors (Lipinski definition) is 0. The molecule has 5 rings (SSSR count). The molecule has 3 aliphatic heterocycles. The van der Waals surface area contributed by atoms with E-state index in [2.05, 4.69) is 13.0 Å². The molecular formula is C28H33N3O4. The van der Waals surface area contributed by atoms with Crippen LogP contribution in [0.1, 0.15) is 54.1 Å². The van der Waals surface area contributed by atoms with Crippen molar-refractivity contribution in [1.29, 1.82) is 0 Å². The first kappa shape index (κ1) is 23.3. The zero-order valence-corrected chi connectivity index (χ0v) is 20.9. The van der Waals surface area contributed by atoms with Gasteiger partial charge in [0.05, 0.1) is 26.3 Å². The third kappa shape index (κ3) is 3.65. The zero-order chi connectivity index (χ0) is 24.7.